The lowest BCUT2D eigenvalue weighted by Crippen LogP contribution is -2.08. The topological polar surface area (TPSA) is 49.3 Å². The molecule has 0 amide bonds. The van der Waals surface area contributed by atoms with E-state index < -0.39 is 0 Å². The third-order valence-electron chi connectivity index (χ3n) is 1.73. The minimum atomic E-state index is 0.0287. The lowest BCUT2D eigenvalue weighted by atomic mass is 10.1. The Bertz CT molecular complexity index is 297. The van der Waals surface area contributed by atoms with Crippen molar-refractivity contribution in [3.63, 3.8) is 0 Å². The second-order valence-electron chi connectivity index (χ2n) is 2.75. The van der Waals surface area contributed by atoms with Crippen LogP contribution < -0.4 is 5.32 Å². The highest BCUT2D eigenvalue weighted by atomic mass is 16.3. The Balaban J connectivity index is 2.84. The Hall–Kier alpha value is -1.35. The summed E-state index contributed by atoms with van der Waals surface area (Å²) in [7, 11) is 0. The summed E-state index contributed by atoms with van der Waals surface area (Å²) in [5.74, 6) is 0.0287. The van der Waals surface area contributed by atoms with E-state index in [1.807, 2.05) is 18.2 Å². The number of Topliss-reactive ketones (excluding diaryl/α,β-unsaturated/α-hetero) is 1. The second-order valence-corrected chi connectivity index (χ2v) is 2.75. The molecule has 1 rings (SSSR count). The van der Waals surface area contributed by atoms with Crippen LogP contribution in [0.25, 0.3) is 0 Å². The van der Waals surface area contributed by atoms with Gasteiger partial charge in [-0.2, -0.15) is 0 Å². The number of aliphatic hydroxyl groups excluding tert-OH is 1. The number of aliphatic hydroxyl groups is 1. The highest BCUT2D eigenvalue weighted by molar-refractivity contribution is 5.99. The number of rotatable bonds is 4. The molecule has 0 aromatic heterocycles. The normalized spacial score (nSPS) is 9.69. The number of carbonyl (C=O) groups excluding carboxylic acids is 1. The summed E-state index contributed by atoms with van der Waals surface area (Å²) in [5, 5.41) is 11.6. The van der Waals surface area contributed by atoms with E-state index in [-0.39, 0.29) is 12.4 Å². The van der Waals surface area contributed by atoms with Crippen molar-refractivity contribution >= 4 is 11.5 Å². The smallest absolute Gasteiger partial charge is 0.161 e. The van der Waals surface area contributed by atoms with Crippen LogP contribution in [0.1, 0.15) is 17.3 Å². The van der Waals surface area contributed by atoms with E-state index in [4.69, 9.17) is 5.11 Å². The van der Waals surface area contributed by atoms with Gasteiger partial charge in [-0.05, 0) is 19.1 Å². The zero-order chi connectivity index (χ0) is 9.68. The van der Waals surface area contributed by atoms with Crippen LogP contribution in [-0.2, 0) is 0 Å². The first-order chi connectivity index (χ1) is 6.25. The molecule has 2 N–H and O–H groups in total. The molecule has 0 spiro atoms. The Morgan fingerprint density at radius 2 is 2.15 bits per heavy atom. The highest BCUT2D eigenvalue weighted by Gasteiger charge is 2.04. The van der Waals surface area contributed by atoms with Gasteiger partial charge in [0, 0.05) is 17.8 Å². The van der Waals surface area contributed by atoms with Gasteiger partial charge in [-0.3, -0.25) is 4.79 Å². The van der Waals surface area contributed by atoms with E-state index in [9.17, 15) is 4.79 Å². The number of para-hydroxylation sites is 1. The van der Waals surface area contributed by atoms with E-state index in [2.05, 4.69) is 5.32 Å². The zero-order valence-electron chi connectivity index (χ0n) is 7.58. The van der Waals surface area contributed by atoms with E-state index in [1.165, 1.54) is 6.92 Å². The van der Waals surface area contributed by atoms with Gasteiger partial charge in [-0.25, -0.2) is 0 Å². The molecule has 0 aliphatic rings. The summed E-state index contributed by atoms with van der Waals surface area (Å²) >= 11 is 0. The predicted molar refractivity (Wildman–Crippen MR) is 52.0 cm³/mol. The van der Waals surface area contributed by atoms with Crippen molar-refractivity contribution in [1.82, 2.24) is 0 Å². The van der Waals surface area contributed by atoms with Crippen LogP contribution in [0.3, 0.4) is 0 Å². The molecule has 0 unspecified atom stereocenters. The Kier molecular flexibility index (Phi) is 3.46. The Morgan fingerprint density at radius 1 is 1.46 bits per heavy atom. The fourth-order valence-corrected chi connectivity index (χ4v) is 1.13. The van der Waals surface area contributed by atoms with Crippen LogP contribution in [0.5, 0.6) is 0 Å². The van der Waals surface area contributed by atoms with Gasteiger partial charge in [-0.1, -0.05) is 12.1 Å². The molecular formula is C10H13NO2. The van der Waals surface area contributed by atoms with Gasteiger partial charge in [0.2, 0.25) is 0 Å². The van der Waals surface area contributed by atoms with Gasteiger partial charge >= 0.3 is 0 Å². The molecule has 0 atom stereocenters. The summed E-state index contributed by atoms with van der Waals surface area (Å²) in [6.45, 7) is 2.05. The molecule has 0 saturated carbocycles. The molecule has 70 valence electrons. The molecule has 1 aromatic rings. The maximum atomic E-state index is 11.1. The molecule has 0 radical (unpaired) electrons. The molecule has 3 heteroatoms. The average molecular weight is 179 g/mol. The first-order valence-corrected chi connectivity index (χ1v) is 4.20. The number of hydrogen-bond acceptors (Lipinski definition) is 3. The monoisotopic (exact) mass is 179 g/mol. The van der Waals surface area contributed by atoms with E-state index in [0.717, 1.165) is 5.69 Å². The van der Waals surface area contributed by atoms with Crippen molar-refractivity contribution in [1.29, 1.82) is 0 Å². The van der Waals surface area contributed by atoms with Gasteiger partial charge in [0.15, 0.2) is 5.78 Å². The minimum absolute atomic E-state index is 0.0287. The maximum absolute atomic E-state index is 11.1. The van der Waals surface area contributed by atoms with Crippen molar-refractivity contribution in [2.45, 2.75) is 6.92 Å². The van der Waals surface area contributed by atoms with Gasteiger partial charge in [-0.15, -0.1) is 0 Å². The quantitative estimate of drug-likeness (QED) is 0.685. The molecule has 1 aromatic carbocycles. The molecule has 13 heavy (non-hydrogen) atoms. The van der Waals surface area contributed by atoms with Crippen LogP contribution in [0, 0.1) is 0 Å². The minimum Gasteiger partial charge on any atom is -0.395 e. The van der Waals surface area contributed by atoms with Gasteiger partial charge < -0.3 is 10.4 Å². The fraction of sp³-hybridized carbons (Fsp3) is 0.300. The maximum Gasteiger partial charge on any atom is 0.161 e. The summed E-state index contributed by atoms with van der Waals surface area (Å²) in [5.41, 5.74) is 1.44. The van der Waals surface area contributed by atoms with Crippen LogP contribution in [-0.4, -0.2) is 24.0 Å². The molecule has 0 aliphatic carbocycles. The standard InChI is InChI=1S/C10H13NO2/c1-8(13)9-4-2-3-5-10(9)11-6-7-12/h2-5,11-12H,6-7H2,1H3. The number of benzene rings is 1. The lowest BCUT2D eigenvalue weighted by molar-refractivity contribution is 0.101. The van der Waals surface area contributed by atoms with Crippen molar-refractivity contribution in [2.24, 2.45) is 0 Å². The Morgan fingerprint density at radius 3 is 2.77 bits per heavy atom. The molecule has 0 bridgehead atoms. The average Bonchev–Trinajstić information content (AvgIpc) is 2.15. The number of ketones is 1. The van der Waals surface area contributed by atoms with Crippen LogP contribution in [0.15, 0.2) is 24.3 Å². The molecule has 0 heterocycles. The van der Waals surface area contributed by atoms with E-state index in [0.29, 0.717) is 12.1 Å². The van der Waals surface area contributed by atoms with E-state index >= 15 is 0 Å². The summed E-state index contributed by atoms with van der Waals surface area (Å²) in [6.07, 6.45) is 0. The Labute approximate surface area is 77.4 Å². The largest absolute Gasteiger partial charge is 0.395 e. The third kappa shape index (κ3) is 2.56. The number of anilines is 1. The van der Waals surface area contributed by atoms with Crippen LogP contribution in [0.4, 0.5) is 5.69 Å². The highest BCUT2D eigenvalue weighted by Crippen LogP contribution is 2.14. The van der Waals surface area contributed by atoms with Gasteiger partial charge in [0.05, 0.1) is 6.61 Å². The number of carbonyl (C=O) groups is 1. The molecule has 0 fully saturated rings. The summed E-state index contributed by atoms with van der Waals surface area (Å²) < 4.78 is 0. The summed E-state index contributed by atoms with van der Waals surface area (Å²) in [4.78, 5) is 11.1. The van der Waals surface area contributed by atoms with Crippen molar-refractivity contribution in [2.75, 3.05) is 18.5 Å². The van der Waals surface area contributed by atoms with E-state index in [1.54, 1.807) is 6.07 Å². The van der Waals surface area contributed by atoms with Gasteiger partial charge in [0.25, 0.3) is 0 Å². The molecule has 3 nitrogen and oxygen atoms in total. The fourth-order valence-electron chi connectivity index (χ4n) is 1.13. The first-order valence-electron chi connectivity index (χ1n) is 4.20. The van der Waals surface area contributed by atoms with Crippen LogP contribution in [0.2, 0.25) is 0 Å². The SMILES string of the molecule is CC(=O)c1ccccc1NCCO. The van der Waals surface area contributed by atoms with Crippen molar-refractivity contribution in [3.05, 3.63) is 29.8 Å². The summed E-state index contributed by atoms with van der Waals surface area (Å²) in [6, 6.07) is 7.27. The third-order valence-corrected chi connectivity index (χ3v) is 1.73. The number of hydrogen-bond donors (Lipinski definition) is 2. The molecular weight excluding hydrogens is 166 g/mol. The molecule has 0 saturated heterocycles. The van der Waals surface area contributed by atoms with Gasteiger partial charge in [0.1, 0.15) is 0 Å². The lowest BCUT2D eigenvalue weighted by Gasteiger charge is -2.07. The zero-order valence-corrected chi connectivity index (χ0v) is 7.58. The number of nitrogens with one attached hydrogen (secondary N) is 1. The van der Waals surface area contributed by atoms with Crippen molar-refractivity contribution < 1.29 is 9.90 Å². The second kappa shape index (κ2) is 4.62. The van der Waals surface area contributed by atoms with Crippen molar-refractivity contribution in [3.8, 4) is 0 Å². The predicted octanol–water partition coefficient (Wildman–Crippen LogP) is 1.29. The first kappa shape index (κ1) is 9.74. The van der Waals surface area contributed by atoms with Crippen LogP contribution >= 0.6 is 0 Å². The molecule has 0 aliphatic heterocycles.